The van der Waals surface area contributed by atoms with Gasteiger partial charge in [0.2, 0.25) is 11.8 Å². The molecule has 1 aliphatic heterocycles. The van der Waals surface area contributed by atoms with Gasteiger partial charge in [-0.3, -0.25) is 9.59 Å². The smallest absolute Gasteiger partial charge is 0.328 e. The first-order chi connectivity index (χ1) is 21.4. The average Bonchev–Trinajstić information content (AvgIpc) is 3.42. The molecule has 0 saturated heterocycles. The molecule has 1 aliphatic rings. The van der Waals surface area contributed by atoms with Crippen LogP contribution in [-0.4, -0.2) is 71.4 Å². The van der Waals surface area contributed by atoms with Crippen LogP contribution in [-0.2, 0) is 28.7 Å². The number of nitrogens with one attached hydrogen (secondary N) is 2. The van der Waals surface area contributed by atoms with E-state index in [1.807, 2.05) is 0 Å². The van der Waals surface area contributed by atoms with Crippen molar-refractivity contribution in [2.75, 3.05) is 35.5 Å². The highest BCUT2D eigenvalue weighted by Crippen LogP contribution is 2.52. The van der Waals surface area contributed by atoms with Gasteiger partial charge in [0.05, 0.1) is 35.5 Å². The third kappa shape index (κ3) is 7.86. The molecule has 12 heteroatoms. The SMILES string of the molecule is COC(=O)C(NC(=O)/C=C/c1cc(OC)c2c(c1)C(C(=O)NC(C(=O)OC)C(C)C)C(c1ccc(OC)c(OC)c1)O2)C(C)C. The molecule has 2 N–H and O–H groups in total. The fourth-order valence-corrected chi connectivity index (χ4v) is 5.04. The summed E-state index contributed by atoms with van der Waals surface area (Å²) in [5, 5.41) is 5.50. The molecule has 2 aromatic carbocycles. The maximum atomic E-state index is 14.0. The van der Waals surface area contributed by atoms with Crippen LogP contribution in [0, 0.1) is 11.8 Å². The molecule has 0 radical (unpaired) electrons. The third-order valence-corrected chi connectivity index (χ3v) is 7.49. The molecule has 0 spiro atoms. The van der Waals surface area contributed by atoms with Crippen LogP contribution in [0.5, 0.6) is 23.0 Å². The molecule has 4 atom stereocenters. The molecular weight excluding hydrogens is 584 g/mol. The number of esters is 2. The van der Waals surface area contributed by atoms with E-state index < -0.39 is 47.9 Å². The molecular formula is C33H42N2O10. The van der Waals surface area contributed by atoms with E-state index in [2.05, 4.69) is 10.6 Å². The Morgan fingerprint density at radius 3 is 1.87 bits per heavy atom. The van der Waals surface area contributed by atoms with Gasteiger partial charge in [-0.15, -0.1) is 0 Å². The molecule has 1 heterocycles. The summed E-state index contributed by atoms with van der Waals surface area (Å²) in [6, 6.07) is 6.85. The number of carbonyl (C=O) groups excluding carboxylic acids is 4. The van der Waals surface area contributed by atoms with Crippen molar-refractivity contribution in [2.45, 2.75) is 51.8 Å². The summed E-state index contributed by atoms with van der Waals surface area (Å²) >= 11 is 0. The third-order valence-electron chi connectivity index (χ3n) is 7.49. The van der Waals surface area contributed by atoms with Gasteiger partial charge in [0.1, 0.15) is 24.1 Å². The minimum absolute atomic E-state index is 0.195. The zero-order chi connectivity index (χ0) is 33.4. The topological polar surface area (TPSA) is 148 Å². The number of ether oxygens (including phenoxy) is 6. The van der Waals surface area contributed by atoms with Crippen molar-refractivity contribution in [2.24, 2.45) is 11.8 Å². The van der Waals surface area contributed by atoms with Crippen molar-refractivity contribution in [3.05, 3.63) is 53.1 Å². The summed E-state index contributed by atoms with van der Waals surface area (Å²) in [7, 11) is 7.01. The van der Waals surface area contributed by atoms with Crippen LogP contribution < -0.4 is 29.6 Å². The Labute approximate surface area is 263 Å². The van der Waals surface area contributed by atoms with Crippen molar-refractivity contribution in [1.82, 2.24) is 10.6 Å². The van der Waals surface area contributed by atoms with Crippen molar-refractivity contribution < 1.29 is 47.6 Å². The van der Waals surface area contributed by atoms with E-state index in [1.54, 1.807) is 58.0 Å². The first-order valence-electron chi connectivity index (χ1n) is 14.5. The number of carbonyl (C=O) groups is 4. The molecule has 0 aromatic heterocycles. The Morgan fingerprint density at radius 1 is 0.756 bits per heavy atom. The summed E-state index contributed by atoms with van der Waals surface area (Å²) < 4.78 is 32.6. The number of hydrogen-bond donors (Lipinski definition) is 2. The van der Waals surface area contributed by atoms with E-state index in [0.717, 1.165) is 0 Å². The van der Waals surface area contributed by atoms with Crippen molar-refractivity contribution in [3.8, 4) is 23.0 Å². The minimum atomic E-state index is -0.940. The molecule has 0 aliphatic carbocycles. The Hall–Kier alpha value is -4.74. The maximum Gasteiger partial charge on any atom is 0.328 e. The van der Waals surface area contributed by atoms with Crippen LogP contribution >= 0.6 is 0 Å². The van der Waals surface area contributed by atoms with E-state index in [4.69, 9.17) is 28.4 Å². The second-order valence-electron chi connectivity index (χ2n) is 11.1. The first kappa shape index (κ1) is 34.7. The number of fused-ring (bicyclic) bond motifs is 1. The molecule has 244 valence electrons. The van der Waals surface area contributed by atoms with Gasteiger partial charge in [-0.05, 0) is 53.3 Å². The van der Waals surface area contributed by atoms with Crippen molar-refractivity contribution in [3.63, 3.8) is 0 Å². The van der Waals surface area contributed by atoms with Gasteiger partial charge in [-0.25, -0.2) is 9.59 Å². The second kappa shape index (κ2) is 15.3. The molecule has 0 fully saturated rings. The summed E-state index contributed by atoms with van der Waals surface area (Å²) in [6.07, 6.45) is 1.98. The van der Waals surface area contributed by atoms with Crippen molar-refractivity contribution >= 4 is 29.8 Å². The largest absolute Gasteiger partial charge is 0.493 e. The maximum absolute atomic E-state index is 14.0. The van der Waals surface area contributed by atoms with Crippen LogP contribution in [0.2, 0.25) is 0 Å². The van der Waals surface area contributed by atoms with E-state index in [0.29, 0.717) is 39.7 Å². The Morgan fingerprint density at radius 2 is 1.33 bits per heavy atom. The molecule has 12 nitrogen and oxygen atoms in total. The van der Waals surface area contributed by atoms with Crippen LogP contribution in [0.25, 0.3) is 6.08 Å². The molecule has 0 bridgehead atoms. The van der Waals surface area contributed by atoms with Gasteiger partial charge < -0.3 is 39.1 Å². The number of benzene rings is 2. The van der Waals surface area contributed by atoms with Crippen LogP contribution in [0.1, 0.15) is 56.4 Å². The highest BCUT2D eigenvalue weighted by Gasteiger charge is 2.44. The summed E-state index contributed by atoms with van der Waals surface area (Å²) in [4.78, 5) is 51.4. The van der Waals surface area contributed by atoms with Crippen LogP contribution in [0.15, 0.2) is 36.4 Å². The summed E-state index contributed by atoms with van der Waals surface area (Å²) in [6.45, 7) is 7.18. The van der Waals surface area contributed by atoms with Crippen LogP contribution in [0.3, 0.4) is 0 Å². The monoisotopic (exact) mass is 626 g/mol. The molecule has 45 heavy (non-hydrogen) atoms. The van der Waals surface area contributed by atoms with E-state index >= 15 is 0 Å². The fourth-order valence-electron chi connectivity index (χ4n) is 5.04. The average molecular weight is 627 g/mol. The quantitative estimate of drug-likeness (QED) is 0.250. The summed E-state index contributed by atoms with van der Waals surface area (Å²) in [5.41, 5.74) is 1.63. The molecule has 2 amide bonds. The fraction of sp³-hybridized carbons (Fsp3) is 0.455. The Bertz CT molecular complexity index is 1430. The Kier molecular flexibility index (Phi) is 11.8. The zero-order valence-corrected chi connectivity index (χ0v) is 27.1. The lowest BCUT2D eigenvalue weighted by Gasteiger charge is -2.24. The van der Waals surface area contributed by atoms with Gasteiger partial charge in [0.15, 0.2) is 23.0 Å². The first-order valence-corrected chi connectivity index (χ1v) is 14.5. The summed E-state index contributed by atoms with van der Waals surface area (Å²) in [5.74, 6) is -1.90. The van der Waals surface area contributed by atoms with E-state index in [-0.39, 0.29) is 11.8 Å². The molecule has 2 aromatic rings. The van der Waals surface area contributed by atoms with Crippen LogP contribution in [0.4, 0.5) is 0 Å². The highest BCUT2D eigenvalue weighted by molar-refractivity contribution is 5.95. The minimum Gasteiger partial charge on any atom is -0.493 e. The molecule has 0 saturated carbocycles. The molecule has 4 unspecified atom stereocenters. The van der Waals surface area contributed by atoms with Gasteiger partial charge in [0, 0.05) is 11.6 Å². The lowest BCUT2D eigenvalue weighted by molar-refractivity contribution is -0.146. The normalized spacial score (nSPS) is 16.8. The number of methoxy groups -OCH3 is 5. The van der Waals surface area contributed by atoms with E-state index in [1.165, 1.54) is 47.7 Å². The highest BCUT2D eigenvalue weighted by atomic mass is 16.5. The van der Waals surface area contributed by atoms with Gasteiger partial charge >= 0.3 is 11.9 Å². The van der Waals surface area contributed by atoms with Gasteiger partial charge in [0.25, 0.3) is 0 Å². The lowest BCUT2D eigenvalue weighted by Crippen LogP contribution is -2.47. The lowest BCUT2D eigenvalue weighted by atomic mass is 9.88. The standard InChI is InChI=1S/C33H42N2O10/c1-17(2)27(32(38)43-8)34-25(36)13-10-19-14-21-26(31(37)35-28(18(3)4)33(39)44-9)29(45-30(21)24(15-19)42-7)20-11-12-22(40-5)23(16-20)41-6/h10-18,26-29H,1-9H3,(H,34,36)(H,35,37)/b13-10+. The number of hydrogen-bond acceptors (Lipinski definition) is 10. The van der Waals surface area contributed by atoms with Crippen molar-refractivity contribution in [1.29, 1.82) is 0 Å². The second-order valence-corrected chi connectivity index (χ2v) is 11.1. The predicted octanol–water partition coefficient (Wildman–Crippen LogP) is 3.57. The van der Waals surface area contributed by atoms with E-state index in [9.17, 15) is 19.2 Å². The molecule has 3 rings (SSSR count). The predicted molar refractivity (Wildman–Crippen MR) is 165 cm³/mol. The van der Waals surface area contributed by atoms with Gasteiger partial charge in [-0.1, -0.05) is 33.8 Å². The zero-order valence-electron chi connectivity index (χ0n) is 27.1. The number of rotatable bonds is 13. The number of amides is 2. The Balaban J connectivity index is 2.08. The van der Waals surface area contributed by atoms with Gasteiger partial charge in [-0.2, -0.15) is 0 Å².